The molecule has 0 aromatic heterocycles. The molecule has 1 N–H and O–H groups in total. The van der Waals surface area contributed by atoms with Crippen LogP contribution in [0, 0.1) is 11.8 Å². The van der Waals surface area contributed by atoms with Crippen molar-refractivity contribution in [2.75, 3.05) is 0 Å². The number of benzene rings is 4. The molecule has 3 atom stereocenters. The third-order valence-corrected chi connectivity index (χ3v) is 9.55. The third-order valence-electron chi connectivity index (χ3n) is 9.55. The van der Waals surface area contributed by atoms with Gasteiger partial charge in [-0.05, 0) is 56.7 Å². The van der Waals surface area contributed by atoms with E-state index >= 15 is 0 Å². The summed E-state index contributed by atoms with van der Waals surface area (Å²) in [5.74, 6) is 1.28. The molecule has 3 unspecified atom stereocenters. The molecule has 0 amide bonds. The molecule has 0 saturated heterocycles. The normalized spacial score (nSPS) is 22.7. The molecule has 4 aliphatic rings. The van der Waals surface area contributed by atoms with Crippen LogP contribution in [0.3, 0.4) is 0 Å². The first-order valence-corrected chi connectivity index (χ1v) is 15.3. The van der Waals surface area contributed by atoms with Gasteiger partial charge in [0.2, 0.25) is 0 Å². The Balaban J connectivity index is 1.20. The predicted molar refractivity (Wildman–Crippen MR) is 179 cm³/mol. The van der Waals surface area contributed by atoms with Gasteiger partial charge in [0.1, 0.15) is 5.84 Å². The van der Waals surface area contributed by atoms with E-state index in [9.17, 15) is 0 Å². The van der Waals surface area contributed by atoms with Crippen molar-refractivity contribution in [2.45, 2.75) is 25.3 Å². The molecule has 43 heavy (non-hydrogen) atoms. The minimum absolute atomic E-state index is 0.0231. The second-order valence-corrected chi connectivity index (χ2v) is 12.4. The Bertz CT molecular complexity index is 1910. The fraction of sp³-hybridized carbons (Fsp3) is 0.146. The maximum atomic E-state index is 5.26. The number of fused-ring (bicyclic) bond motifs is 4. The van der Waals surface area contributed by atoms with Crippen LogP contribution in [0.1, 0.15) is 47.7 Å². The average Bonchev–Trinajstić information content (AvgIpc) is 3.30. The lowest BCUT2D eigenvalue weighted by atomic mass is 9.73. The van der Waals surface area contributed by atoms with Crippen molar-refractivity contribution in [1.29, 1.82) is 0 Å². The summed E-state index contributed by atoms with van der Waals surface area (Å²) in [5, 5.41) is 3.71. The summed E-state index contributed by atoms with van der Waals surface area (Å²) >= 11 is 0. The highest BCUT2D eigenvalue weighted by Gasteiger charge is 2.36. The Morgan fingerprint density at radius 3 is 2.23 bits per heavy atom. The number of allylic oxidation sites excluding steroid dienone is 8. The van der Waals surface area contributed by atoms with Crippen LogP contribution in [0.15, 0.2) is 162 Å². The maximum Gasteiger partial charge on any atom is 0.134 e. The Hall–Kier alpha value is -4.95. The zero-order valence-corrected chi connectivity index (χ0v) is 24.5. The molecule has 1 heterocycles. The number of amidine groups is 1. The fourth-order valence-electron chi connectivity index (χ4n) is 7.30. The molecule has 0 spiro atoms. The molecular weight excluding hydrogens is 520 g/mol. The topological polar surface area (TPSA) is 24.4 Å². The highest BCUT2D eigenvalue weighted by Crippen LogP contribution is 2.50. The van der Waals surface area contributed by atoms with E-state index in [0.717, 1.165) is 17.1 Å². The maximum absolute atomic E-state index is 5.26. The van der Waals surface area contributed by atoms with Gasteiger partial charge < -0.3 is 5.32 Å². The van der Waals surface area contributed by atoms with Gasteiger partial charge in [-0.2, -0.15) is 0 Å². The molecule has 1 aliphatic heterocycles. The Labute approximate surface area is 254 Å². The van der Waals surface area contributed by atoms with Crippen LogP contribution >= 0.6 is 0 Å². The van der Waals surface area contributed by atoms with Gasteiger partial charge in [0.15, 0.2) is 0 Å². The fourth-order valence-corrected chi connectivity index (χ4v) is 7.30. The lowest BCUT2D eigenvalue weighted by Crippen LogP contribution is -2.33. The molecule has 0 bridgehead atoms. The number of hydrogen-bond acceptors (Lipinski definition) is 2. The summed E-state index contributed by atoms with van der Waals surface area (Å²) in [7, 11) is 0. The molecule has 4 aromatic carbocycles. The average molecular weight is 555 g/mol. The van der Waals surface area contributed by atoms with E-state index < -0.39 is 0 Å². The summed E-state index contributed by atoms with van der Waals surface area (Å²) < 4.78 is 0. The van der Waals surface area contributed by atoms with Crippen molar-refractivity contribution in [1.82, 2.24) is 5.32 Å². The first-order valence-electron chi connectivity index (χ1n) is 15.3. The van der Waals surface area contributed by atoms with Gasteiger partial charge in [-0.25, -0.2) is 4.99 Å². The SMILES string of the molecule is CC1(C)c2ccccc2-c2ccc(C3=C4C=CC=CC4C(C4=CC(c5ccccc5)NC(c5ccccc5)=N4)C=C3)cc21. The van der Waals surface area contributed by atoms with E-state index in [1.165, 1.54) is 44.5 Å². The lowest BCUT2D eigenvalue weighted by molar-refractivity contribution is 0.589. The Morgan fingerprint density at radius 2 is 1.40 bits per heavy atom. The first-order chi connectivity index (χ1) is 21.1. The molecule has 0 radical (unpaired) electrons. The van der Waals surface area contributed by atoms with E-state index in [0.29, 0.717) is 0 Å². The van der Waals surface area contributed by atoms with Gasteiger partial charge in [-0.1, -0.05) is 147 Å². The minimum Gasteiger partial charge on any atom is -0.359 e. The summed E-state index contributed by atoms with van der Waals surface area (Å²) in [4.78, 5) is 5.26. The summed E-state index contributed by atoms with van der Waals surface area (Å²) in [6.45, 7) is 4.71. The number of aliphatic imine (C=N–C) groups is 1. The molecule has 0 fully saturated rings. The smallest absolute Gasteiger partial charge is 0.134 e. The van der Waals surface area contributed by atoms with Crippen molar-refractivity contribution in [3.63, 3.8) is 0 Å². The van der Waals surface area contributed by atoms with Crippen LogP contribution in [0.4, 0.5) is 0 Å². The van der Waals surface area contributed by atoms with Crippen LogP contribution in [-0.4, -0.2) is 5.84 Å². The Kier molecular flexibility index (Phi) is 6.04. The number of hydrogen-bond donors (Lipinski definition) is 1. The lowest BCUT2D eigenvalue weighted by Gasteiger charge is -2.34. The van der Waals surface area contributed by atoms with Crippen molar-refractivity contribution in [3.05, 3.63) is 185 Å². The van der Waals surface area contributed by atoms with Crippen LogP contribution in [-0.2, 0) is 5.41 Å². The van der Waals surface area contributed by atoms with Crippen molar-refractivity contribution in [2.24, 2.45) is 16.8 Å². The predicted octanol–water partition coefficient (Wildman–Crippen LogP) is 9.35. The molecule has 2 nitrogen and oxygen atoms in total. The van der Waals surface area contributed by atoms with Crippen LogP contribution in [0.25, 0.3) is 16.7 Å². The first kappa shape index (κ1) is 25.7. The quantitative estimate of drug-likeness (QED) is 0.267. The number of nitrogens with one attached hydrogen (secondary N) is 1. The van der Waals surface area contributed by atoms with Crippen molar-refractivity contribution < 1.29 is 0 Å². The standard InChI is InChI=1S/C41H34N2/c1-41(2)36-20-12-11-19-33(36)34-22-21-29(25-37(34)41)30-23-24-35(32-18-10-9-17-31(30)32)39-26-38(27-13-5-3-6-14-27)42-40(43-39)28-15-7-4-8-16-28/h3-26,32,35,38H,1-2H3,(H,42,43). The minimum atomic E-state index is -0.0231. The summed E-state index contributed by atoms with van der Waals surface area (Å²) in [6.07, 6.45) is 16.1. The Morgan fingerprint density at radius 1 is 0.651 bits per heavy atom. The van der Waals surface area contributed by atoms with Crippen molar-refractivity contribution >= 4 is 11.4 Å². The zero-order valence-electron chi connectivity index (χ0n) is 24.5. The highest BCUT2D eigenvalue weighted by atomic mass is 15.1. The van der Waals surface area contributed by atoms with Gasteiger partial charge in [-0.15, -0.1) is 0 Å². The van der Waals surface area contributed by atoms with Crippen LogP contribution in [0.2, 0.25) is 0 Å². The van der Waals surface area contributed by atoms with Crippen LogP contribution < -0.4 is 5.32 Å². The highest BCUT2D eigenvalue weighted by molar-refractivity contribution is 6.00. The molecule has 208 valence electrons. The van der Waals surface area contributed by atoms with E-state index in [2.05, 4.69) is 165 Å². The monoisotopic (exact) mass is 554 g/mol. The van der Waals surface area contributed by atoms with Gasteiger partial charge >= 0.3 is 0 Å². The van der Waals surface area contributed by atoms with Crippen molar-refractivity contribution in [3.8, 4) is 11.1 Å². The van der Waals surface area contributed by atoms with Crippen LogP contribution in [0.5, 0.6) is 0 Å². The van der Waals surface area contributed by atoms with Gasteiger partial charge in [0.25, 0.3) is 0 Å². The van der Waals surface area contributed by atoms with E-state index in [-0.39, 0.29) is 23.3 Å². The summed E-state index contributed by atoms with van der Waals surface area (Å²) in [6, 6.07) is 37.1. The molecular formula is C41H34N2. The number of rotatable bonds is 4. The second-order valence-electron chi connectivity index (χ2n) is 12.4. The molecule has 4 aromatic rings. The zero-order chi connectivity index (χ0) is 29.0. The molecule has 8 rings (SSSR count). The van der Waals surface area contributed by atoms with Gasteiger partial charge in [0.05, 0.1) is 6.04 Å². The third kappa shape index (κ3) is 4.29. The van der Waals surface area contributed by atoms with Gasteiger partial charge in [-0.3, -0.25) is 0 Å². The largest absolute Gasteiger partial charge is 0.359 e. The van der Waals surface area contributed by atoms with E-state index in [4.69, 9.17) is 4.99 Å². The summed E-state index contributed by atoms with van der Waals surface area (Å²) in [5.41, 5.74) is 12.9. The molecule has 2 heteroatoms. The van der Waals surface area contributed by atoms with E-state index in [1.807, 2.05) is 0 Å². The number of nitrogens with zero attached hydrogens (tertiary/aromatic N) is 1. The second kappa shape index (κ2) is 10.1. The molecule has 0 saturated carbocycles. The van der Waals surface area contributed by atoms with E-state index in [1.54, 1.807) is 0 Å². The molecule has 3 aliphatic carbocycles. The van der Waals surface area contributed by atoms with Gasteiger partial charge in [0, 0.05) is 28.5 Å².